The van der Waals surface area contributed by atoms with Crippen molar-refractivity contribution in [1.82, 2.24) is 4.90 Å². The van der Waals surface area contributed by atoms with Crippen LogP contribution in [0, 0.1) is 0 Å². The number of likely N-dealkylation sites (tertiary alicyclic amines) is 1. The SMILES string of the molecule is C=COC1CCN(C(C)O)C1. The molecule has 0 spiro atoms. The molecule has 0 aromatic rings. The van der Waals surface area contributed by atoms with Gasteiger partial charge in [-0.05, 0) is 13.3 Å². The van der Waals surface area contributed by atoms with E-state index in [1.807, 2.05) is 4.90 Å². The second kappa shape index (κ2) is 3.74. The van der Waals surface area contributed by atoms with Gasteiger partial charge >= 0.3 is 0 Å². The molecule has 1 saturated heterocycles. The number of aliphatic hydroxyl groups excluding tert-OH is 1. The largest absolute Gasteiger partial charge is 0.497 e. The van der Waals surface area contributed by atoms with Gasteiger partial charge in [0.15, 0.2) is 0 Å². The van der Waals surface area contributed by atoms with E-state index in [1.54, 1.807) is 6.92 Å². The number of nitrogens with zero attached hydrogens (tertiary/aromatic N) is 1. The molecule has 64 valence electrons. The molecule has 2 unspecified atom stereocenters. The van der Waals surface area contributed by atoms with Crippen molar-refractivity contribution in [2.24, 2.45) is 0 Å². The highest BCUT2D eigenvalue weighted by molar-refractivity contribution is 4.77. The summed E-state index contributed by atoms with van der Waals surface area (Å²) in [5.41, 5.74) is 0. The van der Waals surface area contributed by atoms with Crippen LogP contribution in [0.2, 0.25) is 0 Å². The smallest absolute Gasteiger partial charge is 0.112 e. The van der Waals surface area contributed by atoms with E-state index in [0.717, 1.165) is 19.5 Å². The molecule has 0 aromatic heterocycles. The molecule has 11 heavy (non-hydrogen) atoms. The van der Waals surface area contributed by atoms with E-state index in [0.29, 0.717) is 0 Å². The fourth-order valence-corrected chi connectivity index (χ4v) is 1.34. The Morgan fingerprint density at radius 1 is 1.82 bits per heavy atom. The van der Waals surface area contributed by atoms with Crippen LogP contribution >= 0.6 is 0 Å². The van der Waals surface area contributed by atoms with E-state index in [9.17, 15) is 5.11 Å². The highest BCUT2D eigenvalue weighted by atomic mass is 16.5. The third-order valence-corrected chi connectivity index (χ3v) is 1.99. The molecule has 1 fully saturated rings. The fraction of sp³-hybridized carbons (Fsp3) is 0.750. The zero-order valence-corrected chi connectivity index (χ0v) is 6.86. The van der Waals surface area contributed by atoms with Crippen LogP contribution in [0.15, 0.2) is 12.8 Å². The van der Waals surface area contributed by atoms with Crippen LogP contribution in [0.25, 0.3) is 0 Å². The summed E-state index contributed by atoms with van der Waals surface area (Å²) in [6, 6.07) is 0. The first-order valence-corrected chi connectivity index (χ1v) is 3.92. The minimum atomic E-state index is -0.353. The predicted molar refractivity (Wildman–Crippen MR) is 42.9 cm³/mol. The van der Waals surface area contributed by atoms with Gasteiger partial charge in [-0.2, -0.15) is 0 Å². The molecule has 1 heterocycles. The molecule has 0 amide bonds. The lowest BCUT2D eigenvalue weighted by Crippen LogP contribution is -2.31. The molecule has 0 aliphatic carbocycles. The van der Waals surface area contributed by atoms with E-state index in [4.69, 9.17) is 4.74 Å². The van der Waals surface area contributed by atoms with Crippen LogP contribution in [-0.4, -0.2) is 35.4 Å². The molecule has 2 atom stereocenters. The molecule has 1 rings (SSSR count). The van der Waals surface area contributed by atoms with Gasteiger partial charge in [0.05, 0.1) is 6.26 Å². The monoisotopic (exact) mass is 157 g/mol. The van der Waals surface area contributed by atoms with Gasteiger partial charge in [-0.3, -0.25) is 4.90 Å². The average Bonchev–Trinajstić information content (AvgIpc) is 2.37. The summed E-state index contributed by atoms with van der Waals surface area (Å²) in [5.74, 6) is 0. The van der Waals surface area contributed by atoms with Crippen molar-refractivity contribution in [2.45, 2.75) is 25.7 Å². The minimum Gasteiger partial charge on any atom is -0.497 e. The van der Waals surface area contributed by atoms with Gasteiger partial charge < -0.3 is 9.84 Å². The van der Waals surface area contributed by atoms with Gasteiger partial charge in [-0.25, -0.2) is 0 Å². The Hall–Kier alpha value is -0.540. The second-order valence-corrected chi connectivity index (χ2v) is 2.84. The third-order valence-electron chi connectivity index (χ3n) is 1.99. The quantitative estimate of drug-likeness (QED) is 0.607. The lowest BCUT2D eigenvalue weighted by atomic mass is 10.3. The van der Waals surface area contributed by atoms with Crippen molar-refractivity contribution in [1.29, 1.82) is 0 Å². The summed E-state index contributed by atoms with van der Waals surface area (Å²) in [6.45, 7) is 6.99. The van der Waals surface area contributed by atoms with Crippen molar-refractivity contribution in [2.75, 3.05) is 13.1 Å². The number of ether oxygens (including phenoxy) is 1. The second-order valence-electron chi connectivity index (χ2n) is 2.84. The van der Waals surface area contributed by atoms with Gasteiger partial charge in [0.25, 0.3) is 0 Å². The highest BCUT2D eigenvalue weighted by Gasteiger charge is 2.25. The molecule has 0 aromatic carbocycles. The van der Waals surface area contributed by atoms with Crippen LogP contribution in [0.4, 0.5) is 0 Å². The topological polar surface area (TPSA) is 32.7 Å². The van der Waals surface area contributed by atoms with Crippen molar-refractivity contribution >= 4 is 0 Å². The van der Waals surface area contributed by atoms with Gasteiger partial charge in [0.1, 0.15) is 12.3 Å². The predicted octanol–water partition coefficient (Wildman–Crippen LogP) is 0.559. The summed E-state index contributed by atoms with van der Waals surface area (Å²) in [6.07, 6.45) is 2.32. The maximum absolute atomic E-state index is 9.18. The van der Waals surface area contributed by atoms with Crippen molar-refractivity contribution in [3.8, 4) is 0 Å². The summed E-state index contributed by atoms with van der Waals surface area (Å²) < 4.78 is 5.19. The van der Waals surface area contributed by atoms with Crippen molar-refractivity contribution in [3.63, 3.8) is 0 Å². The first-order chi connectivity index (χ1) is 5.24. The molecule has 1 aliphatic heterocycles. The number of hydrogen-bond acceptors (Lipinski definition) is 3. The summed E-state index contributed by atoms with van der Waals surface area (Å²) in [7, 11) is 0. The Morgan fingerprint density at radius 3 is 3.00 bits per heavy atom. The normalized spacial score (nSPS) is 28.4. The lowest BCUT2D eigenvalue weighted by molar-refractivity contribution is 0.0254. The molecule has 0 saturated carbocycles. The molecule has 1 aliphatic rings. The maximum atomic E-state index is 9.18. The van der Waals surface area contributed by atoms with Gasteiger partial charge in [-0.15, -0.1) is 0 Å². The van der Waals surface area contributed by atoms with Crippen LogP contribution < -0.4 is 0 Å². The number of rotatable bonds is 3. The maximum Gasteiger partial charge on any atom is 0.112 e. The first-order valence-electron chi connectivity index (χ1n) is 3.92. The van der Waals surface area contributed by atoms with Crippen LogP contribution in [0.5, 0.6) is 0 Å². The average molecular weight is 157 g/mol. The fourth-order valence-electron chi connectivity index (χ4n) is 1.34. The Kier molecular flexibility index (Phi) is 2.91. The molecular formula is C8H15NO2. The zero-order valence-electron chi connectivity index (χ0n) is 6.86. The van der Waals surface area contributed by atoms with Gasteiger partial charge in [0, 0.05) is 13.1 Å². The molecule has 0 bridgehead atoms. The Labute approximate surface area is 67.3 Å². The van der Waals surface area contributed by atoms with E-state index in [1.165, 1.54) is 6.26 Å². The van der Waals surface area contributed by atoms with E-state index in [-0.39, 0.29) is 12.3 Å². The molecule has 3 heteroatoms. The molecular weight excluding hydrogens is 142 g/mol. The minimum absolute atomic E-state index is 0.224. The molecule has 1 N–H and O–H groups in total. The van der Waals surface area contributed by atoms with E-state index >= 15 is 0 Å². The van der Waals surface area contributed by atoms with E-state index < -0.39 is 0 Å². The van der Waals surface area contributed by atoms with Crippen molar-refractivity contribution in [3.05, 3.63) is 12.8 Å². The lowest BCUT2D eigenvalue weighted by Gasteiger charge is -2.18. The van der Waals surface area contributed by atoms with Crippen LogP contribution in [0.3, 0.4) is 0 Å². The molecule has 0 radical (unpaired) electrons. The Bertz CT molecular complexity index is 136. The number of aliphatic hydroxyl groups is 1. The summed E-state index contributed by atoms with van der Waals surface area (Å²) in [5, 5.41) is 9.18. The van der Waals surface area contributed by atoms with Gasteiger partial charge in [-0.1, -0.05) is 6.58 Å². The van der Waals surface area contributed by atoms with Gasteiger partial charge in [0.2, 0.25) is 0 Å². The van der Waals surface area contributed by atoms with Crippen LogP contribution in [0.1, 0.15) is 13.3 Å². The Morgan fingerprint density at radius 2 is 2.55 bits per heavy atom. The van der Waals surface area contributed by atoms with E-state index in [2.05, 4.69) is 6.58 Å². The standard InChI is InChI=1S/C8H15NO2/c1-3-11-8-4-5-9(6-8)7(2)10/h3,7-8,10H,1,4-6H2,2H3. The van der Waals surface area contributed by atoms with Crippen LogP contribution in [-0.2, 0) is 4.74 Å². The summed E-state index contributed by atoms with van der Waals surface area (Å²) >= 11 is 0. The first kappa shape index (κ1) is 8.56. The van der Waals surface area contributed by atoms with Crippen molar-refractivity contribution < 1.29 is 9.84 Å². The zero-order chi connectivity index (χ0) is 8.27. The highest BCUT2D eigenvalue weighted by Crippen LogP contribution is 2.14. The Balaban J connectivity index is 2.28. The number of hydrogen-bond donors (Lipinski definition) is 1. The third kappa shape index (κ3) is 2.20. The summed E-state index contributed by atoms with van der Waals surface area (Å²) in [4.78, 5) is 1.98. The molecule has 3 nitrogen and oxygen atoms in total.